The highest BCUT2D eigenvalue weighted by Gasteiger charge is 2.12. The van der Waals surface area contributed by atoms with E-state index in [0.29, 0.717) is 5.89 Å². The molecule has 0 aliphatic rings. The molecule has 0 N–H and O–H groups in total. The van der Waals surface area contributed by atoms with Gasteiger partial charge in [-0.05, 0) is 12.5 Å². The van der Waals surface area contributed by atoms with Crippen molar-refractivity contribution in [1.29, 1.82) is 0 Å². The molecule has 1 aromatic carbocycles. The Morgan fingerprint density at radius 1 is 1.23 bits per heavy atom. The Labute approximate surface area is 76.4 Å². The lowest BCUT2D eigenvalue weighted by Crippen LogP contribution is -1.95. The minimum Gasteiger partial charge on any atom is -0.427 e. The minimum absolute atomic E-state index is 0.170. The van der Waals surface area contributed by atoms with Gasteiger partial charge in [-0.3, -0.25) is 0 Å². The third-order valence-corrected chi connectivity index (χ3v) is 2.05. The maximum Gasteiger partial charge on any atom is 0.223 e. The van der Waals surface area contributed by atoms with E-state index in [0.717, 1.165) is 0 Å². The zero-order valence-electron chi connectivity index (χ0n) is 7.34. The third-order valence-electron chi connectivity index (χ3n) is 2.05. The Hall–Kier alpha value is -1.64. The van der Waals surface area contributed by atoms with Crippen LogP contribution in [0.5, 0.6) is 0 Å². The average Bonchev–Trinajstić information content (AvgIpc) is 2.71. The zero-order valence-corrected chi connectivity index (χ0v) is 7.34. The average molecular weight is 174 g/mol. The van der Waals surface area contributed by atoms with Gasteiger partial charge in [0.15, 0.2) is 0 Å². The lowest BCUT2D eigenvalue weighted by atomic mass is 10.0. The van der Waals surface area contributed by atoms with Gasteiger partial charge in [-0.2, -0.15) is 0 Å². The van der Waals surface area contributed by atoms with E-state index < -0.39 is 0 Å². The highest BCUT2D eigenvalue weighted by Crippen LogP contribution is 2.20. The van der Waals surface area contributed by atoms with E-state index in [2.05, 4.69) is 22.3 Å². The van der Waals surface area contributed by atoms with E-state index in [1.165, 1.54) is 12.0 Å². The van der Waals surface area contributed by atoms with Gasteiger partial charge in [0.05, 0.1) is 5.92 Å². The molecule has 2 rings (SSSR count). The third kappa shape index (κ3) is 1.59. The summed E-state index contributed by atoms with van der Waals surface area (Å²) in [4.78, 5) is 0. The van der Waals surface area contributed by atoms with Crippen molar-refractivity contribution in [3.8, 4) is 0 Å². The van der Waals surface area contributed by atoms with Gasteiger partial charge >= 0.3 is 0 Å². The van der Waals surface area contributed by atoms with Crippen LogP contribution in [0, 0.1) is 0 Å². The fourth-order valence-electron chi connectivity index (χ4n) is 1.25. The van der Waals surface area contributed by atoms with E-state index >= 15 is 0 Å². The molecule has 1 heterocycles. The Balaban J connectivity index is 2.29. The molecule has 0 aliphatic carbocycles. The summed E-state index contributed by atoms with van der Waals surface area (Å²) >= 11 is 0. The SMILES string of the molecule is CC(c1ccccc1)c1nnco1. The molecule has 0 saturated carbocycles. The van der Waals surface area contributed by atoms with Gasteiger partial charge in [0.25, 0.3) is 0 Å². The minimum atomic E-state index is 0.170. The summed E-state index contributed by atoms with van der Waals surface area (Å²) < 4.78 is 5.13. The lowest BCUT2D eigenvalue weighted by molar-refractivity contribution is 0.479. The van der Waals surface area contributed by atoms with Gasteiger partial charge in [0.2, 0.25) is 12.3 Å². The van der Waals surface area contributed by atoms with Crippen LogP contribution < -0.4 is 0 Å². The standard InChI is InChI=1S/C10H10N2O/c1-8(10-12-11-7-13-10)9-5-3-2-4-6-9/h2-8H,1H3. The Kier molecular flexibility index (Phi) is 2.08. The molecule has 0 fully saturated rings. The molecule has 0 radical (unpaired) electrons. The van der Waals surface area contributed by atoms with E-state index in [9.17, 15) is 0 Å². The molecule has 0 bridgehead atoms. The summed E-state index contributed by atoms with van der Waals surface area (Å²) in [5.74, 6) is 0.829. The maximum atomic E-state index is 5.13. The first-order chi connectivity index (χ1) is 6.38. The molecule has 13 heavy (non-hydrogen) atoms. The van der Waals surface area contributed by atoms with Crippen LogP contribution in [0.15, 0.2) is 41.1 Å². The highest BCUT2D eigenvalue weighted by atomic mass is 16.4. The van der Waals surface area contributed by atoms with E-state index in [4.69, 9.17) is 4.42 Å². The second-order valence-corrected chi connectivity index (χ2v) is 2.91. The van der Waals surface area contributed by atoms with Crippen molar-refractivity contribution in [2.24, 2.45) is 0 Å². The molecule has 1 unspecified atom stereocenters. The number of hydrogen-bond donors (Lipinski definition) is 0. The van der Waals surface area contributed by atoms with Crippen LogP contribution >= 0.6 is 0 Å². The van der Waals surface area contributed by atoms with E-state index in [1.807, 2.05) is 25.1 Å². The number of nitrogens with zero attached hydrogens (tertiary/aromatic N) is 2. The summed E-state index contributed by atoms with van der Waals surface area (Å²) in [7, 11) is 0. The first kappa shape index (κ1) is 7.98. The summed E-state index contributed by atoms with van der Waals surface area (Å²) in [5, 5.41) is 7.53. The number of aromatic nitrogens is 2. The van der Waals surface area contributed by atoms with Crippen molar-refractivity contribution >= 4 is 0 Å². The van der Waals surface area contributed by atoms with Crippen molar-refractivity contribution in [3.05, 3.63) is 48.2 Å². The Morgan fingerprint density at radius 2 is 2.00 bits per heavy atom. The van der Waals surface area contributed by atoms with Gasteiger partial charge in [-0.15, -0.1) is 10.2 Å². The van der Waals surface area contributed by atoms with E-state index in [1.54, 1.807) is 0 Å². The number of hydrogen-bond acceptors (Lipinski definition) is 3. The van der Waals surface area contributed by atoms with Crippen LogP contribution in [0.1, 0.15) is 24.3 Å². The van der Waals surface area contributed by atoms with Crippen LogP contribution in [0.25, 0.3) is 0 Å². The summed E-state index contributed by atoms with van der Waals surface area (Å²) in [6.07, 6.45) is 1.36. The fraction of sp³-hybridized carbons (Fsp3) is 0.200. The van der Waals surface area contributed by atoms with Crippen LogP contribution in [0.2, 0.25) is 0 Å². The molecule has 1 aromatic heterocycles. The molecule has 66 valence electrons. The van der Waals surface area contributed by atoms with Crippen LogP contribution in [-0.4, -0.2) is 10.2 Å². The normalized spacial score (nSPS) is 12.7. The molecule has 1 atom stereocenters. The first-order valence-corrected chi connectivity index (χ1v) is 4.19. The predicted molar refractivity (Wildman–Crippen MR) is 48.3 cm³/mol. The second kappa shape index (κ2) is 3.39. The predicted octanol–water partition coefficient (Wildman–Crippen LogP) is 2.22. The molecule has 2 aromatic rings. The highest BCUT2D eigenvalue weighted by molar-refractivity contribution is 5.22. The summed E-state index contributed by atoms with van der Waals surface area (Å²) in [5.41, 5.74) is 1.19. The van der Waals surface area contributed by atoms with Crippen molar-refractivity contribution in [2.45, 2.75) is 12.8 Å². The van der Waals surface area contributed by atoms with Gasteiger partial charge in [0, 0.05) is 0 Å². The number of rotatable bonds is 2. The van der Waals surface area contributed by atoms with Crippen LogP contribution in [-0.2, 0) is 0 Å². The first-order valence-electron chi connectivity index (χ1n) is 4.19. The Morgan fingerprint density at radius 3 is 2.62 bits per heavy atom. The molecule has 3 nitrogen and oxygen atoms in total. The molecular formula is C10H10N2O. The van der Waals surface area contributed by atoms with Gasteiger partial charge < -0.3 is 4.42 Å². The molecule has 3 heteroatoms. The quantitative estimate of drug-likeness (QED) is 0.700. The van der Waals surface area contributed by atoms with Gasteiger partial charge in [-0.25, -0.2) is 0 Å². The Bertz CT molecular complexity index is 356. The molecular weight excluding hydrogens is 164 g/mol. The number of benzene rings is 1. The maximum absolute atomic E-state index is 5.13. The molecule has 0 spiro atoms. The monoisotopic (exact) mass is 174 g/mol. The van der Waals surface area contributed by atoms with Gasteiger partial charge in [-0.1, -0.05) is 30.3 Å². The van der Waals surface area contributed by atoms with Crippen molar-refractivity contribution in [3.63, 3.8) is 0 Å². The zero-order chi connectivity index (χ0) is 9.10. The van der Waals surface area contributed by atoms with Crippen LogP contribution in [0.3, 0.4) is 0 Å². The molecule has 0 aliphatic heterocycles. The molecule has 0 saturated heterocycles. The topological polar surface area (TPSA) is 38.9 Å². The van der Waals surface area contributed by atoms with Crippen molar-refractivity contribution in [2.75, 3.05) is 0 Å². The van der Waals surface area contributed by atoms with E-state index in [-0.39, 0.29) is 5.92 Å². The second-order valence-electron chi connectivity index (χ2n) is 2.91. The van der Waals surface area contributed by atoms with Gasteiger partial charge in [0.1, 0.15) is 0 Å². The van der Waals surface area contributed by atoms with Crippen molar-refractivity contribution < 1.29 is 4.42 Å². The molecule has 0 amide bonds. The van der Waals surface area contributed by atoms with Crippen LogP contribution in [0.4, 0.5) is 0 Å². The summed E-state index contributed by atoms with van der Waals surface area (Å²) in [6.45, 7) is 2.04. The lowest BCUT2D eigenvalue weighted by Gasteiger charge is -2.05. The fourth-order valence-corrected chi connectivity index (χ4v) is 1.25. The summed E-state index contributed by atoms with van der Waals surface area (Å²) in [6, 6.07) is 10.1. The largest absolute Gasteiger partial charge is 0.427 e. The smallest absolute Gasteiger partial charge is 0.223 e. The van der Waals surface area contributed by atoms with Crippen molar-refractivity contribution in [1.82, 2.24) is 10.2 Å².